The van der Waals surface area contributed by atoms with Crippen molar-refractivity contribution in [2.24, 2.45) is 0 Å². The zero-order chi connectivity index (χ0) is 13.7. The molecule has 2 N–H and O–H groups in total. The van der Waals surface area contributed by atoms with Crippen molar-refractivity contribution in [1.82, 2.24) is 14.9 Å². The average molecular weight is 263 g/mol. The van der Waals surface area contributed by atoms with E-state index in [0.29, 0.717) is 13.2 Å². The zero-order valence-corrected chi connectivity index (χ0v) is 11.5. The molecule has 1 heterocycles. The van der Waals surface area contributed by atoms with Gasteiger partial charge in [-0.3, -0.25) is 0 Å². The first-order chi connectivity index (χ1) is 9.30. The lowest BCUT2D eigenvalue weighted by Crippen LogP contribution is -2.15. The molecule has 0 fully saturated rings. The molecule has 5 heteroatoms. The minimum absolute atomic E-state index is 0.116. The molecule has 0 atom stereocenters. The lowest BCUT2D eigenvalue weighted by atomic mass is 10.3. The van der Waals surface area contributed by atoms with Crippen LogP contribution in [0, 0.1) is 0 Å². The van der Waals surface area contributed by atoms with E-state index in [0.717, 1.165) is 35.6 Å². The van der Waals surface area contributed by atoms with Gasteiger partial charge in [0, 0.05) is 25.6 Å². The summed E-state index contributed by atoms with van der Waals surface area (Å²) in [6, 6.07) is 5.91. The molecule has 104 valence electrons. The molecular weight excluding hydrogens is 242 g/mol. The number of hydrogen-bond donors (Lipinski definition) is 2. The molecule has 0 aliphatic heterocycles. The molecule has 0 bridgehead atoms. The van der Waals surface area contributed by atoms with Crippen LogP contribution < -0.4 is 10.1 Å². The second-order valence-electron chi connectivity index (χ2n) is 4.34. The molecule has 0 saturated carbocycles. The van der Waals surface area contributed by atoms with E-state index in [4.69, 9.17) is 4.74 Å². The molecule has 2 aromatic rings. The molecule has 2 rings (SSSR count). The van der Waals surface area contributed by atoms with Gasteiger partial charge in [0.15, 0.2) is 0 Å². The van der Waals surface area contributed by atoms with E-state index in [9.17, 15) is 5.11 Å². The van der Waals surface area contributed by atoms with Crippen LogP contribution in [0.15, 0.2) is 18.2 Å². The molecule has 19 heavy (non-hydrogen) atoms. The second-order valence-corrected chi connectivity index (χ2v) is 4.34. The molecule has 5 nitrogen and oxygen atoms in total. The topological polar surface area (TPSA) is 59.3 Å². The zero-order valence-electron chi connectivity index (χ0n) is 11.5. The van der Waals surface area contributed by atoms with E-state index < -0.39 is 0 Å². The third kappa shape index (κ3) is 3.05. The standard InChI is InChI=1S/C14H21N3O2/c1-3-19-11-4-5-13-12(10-11)16-14(6-7-15-2)17(13)8-9-18/h4-5,10,15,18H,3,6-9H2,1-2H3. The quantitative estimate of drug-likeness (QED) is 0.788. The number of benzene rings is 1. The molecule has 1 aromatic carbocycles. The Labute approximate surface area is 113 Å². The van der Waals surface area contributed by atoms with Gasteiger partial charge >= 0.3 is 0 Å². The minimum atomic E-state index is 0.116. The number of likely N-dealkylation sites (N-methyl/N-ethyl adjacent to an activating group) is 1. The van der Waals surface area contributed by atoms with Crippen molar-refractivity contribution in [2.75, 3.05) is 26.8 Å². The maximum Gasteiger partial charge on any atom is 0.121 e. The summed E-state index contributed by atoms with van der Waals surface area (Å²) in [5.74, 6) is 1.83. The fourth-order valence-electron chi connectivity index (χ4n) is 2.19. The van der Waals surface area contributed by atoms with Gasteiger partial charge in [0.1, 0.15) is 11.6 Å². The van der Waals surface area contributed by atoms with Crippen LogP contribution in [0.25, 0.3) is 11.0 Å². The molecule has 0 spiro atoms. The van der Waals surface area contributed by atoms with Gasteiger partial charge in [-0.2, -0.15) is 0 Å². The van der Waals surface area contributed by atoms with Gasteiger partial charge in [0.25, 0.3) is 0 Å². The Morgan fingerprint density at radius 3 is 2.95 bits per heavy atom. The van der Waals surface area contributed by atoms with Crippen molar-refractivity contribution in [2.45, 2.75) is 19.9 Å². The number of imidazole rings is 1. The third-order valence-corrected chi connectivity index (χ3v) is 3.03. The SMILES string of the molecule is CCOc1ccc2c(c1)nc(CCNC)n2CCO. The smallest absolute Gasteiger partial charge is 0.121 e. The molecule has 1 aromatic heterocycles. The van der Waals surface area contributed by atoms with Crippen LogP contribution in [0.1, 0.15) is 12.7 Å². The molecule has 0 aliphatic carbocycles. The molecule has 0 saturated heterocycles. The highest BCUT2D eigenvalue weighted by molar-refractivity contribution is 5.77. The van der Waals surface area contributed by atoms with Crippen LogP contribution >= 0.6 is 0 Å². The first-order valence-electron chi connectivity index (χ1n) is 6.67. The van der Waals surface area contributed by atoms with E-state index in [1.54, 1.807) is 0 Å². The summed E-state index contributed by atoms with van der Waals surface area (Å²) in [4.78, 5) is 4.64. The van der Waals surface area contributed by atoms with Crippen molar-refractivity contribution in [3.63, 3.8) is 0 Å². The fourth-order valence-corrected chi connectivity index (χ4v) is 2.19. The van der Waals surface area contributed by atoms with Crippen molar-refractivity contribution in [3.05, 3.63) is 24.0 Å². The van der Waals surface area contributed by atoms with Crippen molar-refractivity contribution in [3.8, 4) is 5.75 Å². The van der Waals surface area contributed by atoms with Gasteiger partial charge in [0.2, 0.25) is 0 Å². The summed E-state index contributed by atoms with van der Waals surface area (Å²) in [6.45, 7) is 4.17. The Hall–Kier alpha value is -1.59. The number of fused-ring (bicyclic) bond motifs is 1. The Morgan fingerprint density at radius 1 is 1.42 bits per heavy atom. The van der Waals surface area contributed by atoms with Crippen LogP contribution in [-0.2, 0) is 13.0 Å². The van der Waals surface area contributed by atoms with Crippen LogP contribution in [0.2, 0.25) is 0 Å². The maximum absolute atomic E-state index is 9.20. The number of aliphatic hydroxyl groups is 1. The molecule has 0 amide bonds. The predicted molar refractivity (Wildman–Crippen MR) is 75.6 cm³/mol. The molecular formula is C14H21N3O2. The van der Waals surface area contributed by atoms with Crippen LogP contribution in [-0.4, -0.2) is 41.5 Å². The number of aromatic nitrogens is 2. The predicted octanol–water partition coefficient (Wildman–Crippen LogP) is 1.19. The van der Waals surface area contributed by atoms with Gasteiger partial charge in [-0.25, -0.2) is 4.98 Å². The van der Waals surface area contributed by atoms with E-state index in [2.05, 4.69) is 14.9 Å². The van der Waals surface area contributed by atoms with E-state index >= 15 is 0 Å². The van der Waals surface area contributed by atoms with Crippen LogP contribution in [0.5, 0.6) is 5.75 Å². The summed E-state index contributed by atoms with van der Waals surface area (Å²) >= 11 is 0. The summed E-state index contributed by atoms with van der Waals surface area (Å²) in [5, 5.41) is 12.3. The Bertz CT molecular complexity index is 537. The van der Waals surface area contributed by atoms with E-state index in [1.165, 1.54) is 0 Å². The highest BCUT2D eigenvalue weighted by Crippen LogP contribution is 2.22. The molecule has 0 aliphatic rings. The normalized spacial score (nSPS) is 11.1. The number of rotatable bonds is 7. The van der Waals surface area contributed by atoms with Crippen molar-refractivity contribution >= 4 is 11.0 Å². The highest BCUT2D eigenvalue weighted by Gasteiger charge is 2.10. The largest absolute Gasteiger partial charge is 0.494 e. The second kappa shape index (κ2) is 6.54. The number of hydrogen-bond acceptors (Lipinski definition) is 4. The number of ether oxygens (including phenoxy) is 1. The lowest BCUT2D eigenvalue weighted by Gasteiger charge is -2.07. The Balaban J connectivity index is 2.39. The number of aliphatic hydroxyl groups excluding tert-OH is 1. The Morgan fingerprint density at radius 2 is 2.26 bits per heavy atom. The summed E-state index contributed by atoms with van der Waals surface area (Å²) in [5.41, 5.74) is 1.97. The summed E-state index contributed by atoms with van der Waals surface area (Å²) in [7, 11) is 1.92. The highest BCUT2D eigenvalue weighted by atomic mass is 16.5. The third-order valence-electron chi connectivity index (χ3n) is 3.03. The lowest BCUT2D eigenvalue weighted by molar-refractivity contribution is 0.276. The van der Waals surface area contributed by atoms with Gasteiger partial charge in [-0.15, -0.1) is 0 Å². The monoisotopic (exact) mass is 263 g/mol. The van der Waals surface area contributed by atoms with Crippen molar-refractivity contribution < 1.29 is 9.84 Å². The van der Waals surface area contributed by atoms with Gasteiger partial charge in [0.05, 0.1) is 24.2 Å². The first kappa shape index (κ1) is 13.8. The number of nitrogens with one attached hydrogen (secondary N) is 1. The summed E-state index contributed by atoms with van der Waals surface area (Å²) < 4.78 is 7.57. The minimum Gasteiger partial charge on any atom is -0.494 e. The van der Waals surface area contributed by atoms with Gasteiger partial charge < -0.3 is 19.7 Å². The summed E-state index contributed by atoms with van der Waals surface area (Å²) in [6.07, 6.45) is 0.842. The van der Waals surface area contributed by atoms with Gasteiger partial charge in [-0.05, 0) is 26.1 Å². The molecule has 0 unspecified atom stereocenters. The van der Waals surface area contributed by atoms with Crippen molar-refractivity contribution in [1.29, 1.82) is 0 Å². The van der Waals surface area contributed by atoms with Crippen LogP contribution in [0.4, 0.5) is 0 Å². The Kier molecular flexibility index (Phi) is 4.76. The van der Waals surface area contributed by atoms with Crippen LogP contribution in [0.3, 0.4) is 0 Å². The van der Waals surface area contributed by atoms with E-state index in [-0.39, 0.29) is 6.61 Å². The average Bonchev–Trinajstić information content (AvgIpc) is 2.75. The maximum atomic E-state index is 9.20. The van der Waals surface area contributed by atoms with E-state index in [1.807, 2.05) is 32.2 Å². The van der Waals surface area contributed by atoms with Gasteiger partial charge in [-0.1, -0.05) is 0 Å². The number of nitrogens with zero attached hydrogens (tertiary/aromatic N) is 2. The fraction of sp³-hybridized carbons (Fsp3) is 0.500. The first-order valence-corrected chi connectivity index (χ1v) is 6.67. The molecule has 0 radical (unpaired) electrons.